The third kappa shape index (κ3) is 4.38. The number of amides is 1. The van der Waals surface area contributed by atoms with Gasteiger partial charge in [-0.05, 0) is 36.6 Å². The molecule has 0 N–H and O–H groups in total. The largest absolute Gasteiger partial charge is 0.508 e. The summed E-state index contributed by atoms with van der Waals surface area (Å²) in [7, 11) is 0. The van der Waals surface area contributed by atoms with Crippen LogP contribution in [0.3, 0.4) is 0 Å². The van der Waals surface area contributed by atoms with Gasteiger partial charge in [0, 0.05) is 20.8 Å². The number of carbonyl (C=O) groups is 3. The Bertz CT molecular complexity index is 1500. The van der Waals surface area contributed by atoms with Crippen LogP contribution >= 0.6 is 22.6 Å². The molecule has 0 bridgehead atoms. The highest BCUT2D eigenvalue weighted by Gasteiger charge is 2.58. The average Bonchev–Trinajstić information content (AvgIpc) is 3.46. The predicted molar refractivity (Wildman–Crippen MR) is 150 cm³/mol. The van der Waals surface area contributed by atoms with E-state index in [0.29, 0.717) is 17.6 Å². The third-order valence-electron chi connectivity index (χ3n) is 6.88. The van der Waals surface area contributed by atoms with E-state index in [1.165, 1.54) is 22.6 Å². The van der Waals surface area contributed by atoms with Crippen molar-refractivity contribution in [2.24, 2.45) is 5.92 Å². The first kappa shape index (κ1) is 26.0. The molecule has 0 aliphatic carbocycles. The fraction of sp³-hybridized carbons (Fsp3) is 0.276. The molecule has 38 heavy (non-hydrogen) atoms. The minimum absolute atomic E-state index is 0.00551. The highest BCUT2D eigenvalue weighted by atomic mass is 127. The number of para-hydroxylation sites is 1. The van der Waals surface area contributed by atoms with E-state index in [-0.39, 0.29) is 30.9 Å². The number of hydrogen-bond acceptors (Lipinski definition) is 7. The van der Waals surface area contributed by atoms with E-state index in [0.717, 1.165) is 26.3 Å². The molecule has 0 unspecified atom stereocenters. The molecule has 5 rings (SSSR count). The molecule has 3 aromatic rings. The Morgan fingerprint density at radius 1 is 1.16 bits per heavy atom. The van der Waals surface area contributed by atoms with E-state index < -0.39 is 24.1 Å². The van der Waals surface area contributed by atoms with Gasteiger partial charge in [-0.15, -0.1) is 0 Å². The molecule has 8 nitrogen and oxygen atoms in total. The molecule has 1 fully saturated rings. The summed E-state index contributed by atoms with van der Waals surface area (Å²) >= 11 is 2.32. The Morgan fingerprint density at radius 3 is 2.66 bits per heavy atom. The monoisotopic (exact) mass is 627 g/mol. The molecule has 0 saturated carbocycles. The quantitative estimate of drug-likeness (QED) is 0.0956. The van der Waals surface area contributed by atoms with Gasteiger partial charge in [-0.3, -0.25) is 4.79 Å². The molecule has 0 radical (unpaired) electrons. The maximum Gasteiger partial charge on any atom is 0.508 e. The highest BCUT2D eigenvalue weighted by molar-refractivity contribution is 14.1. The summed E-state index contributed by atoms with van der Waals surface area (Å²) in [4.78, 5) is 40.0. The van der Waals surface area contributed by atoms with Crippen LogP contribution in [0.5, 0.6) is 0 Å². The second-order valence-electron chi connectivity index (χ2n) is 9.14. The molecule has 196 valence electrons. The molecule has 1 saturated heterocycles. The van der Waals surface area contributed by atoms with Crippen molar-refractivity contribution in [3.8, 4) is 0 Å². The normalized spacial score (nSPS) is 19.2. The Labute approximate surface area is 233 Å². The first-order chi connectivity index (χ1) is 18.4. The SMILES string of the molecule is C=CCOC(=O)O[C@H](C)[C@H]1C(=O)N2C(C(=O)OCC=C)=C(c3cccc4c3oc3ccc(CI)cc34)C[C@H]12. The number of ether oxygens (including phenoxy) is 3. The number of furan rings is 1. The van der Waals surface area contributed by atoms with Gasteiger partial charge in [0.25, 0.3) is 0 Å². The van der Waals surface area contributed by atoms with Crippen molar-refractivity contribution in [1.82, 2.24) is 4.90 Å². The zero-order chi connectivity index (χ0) is 27.0. The molecule has 1 aromatic heterocycles. The maximum absolute atomic E-state index is 13.3. The summed E-state index contributed by atoms with van der Waals surface area (Å²) in [5.74, 6) is -1.57. The number of carbonyl (C=O) groups excluding carboxylic acids is 3. The first-order valence-corrected chi connectivity index (χ1v) is 13.7. The number of benzene rings is 2. The topological polar surface area (TPSA) is 95.3 Å². The van der Waals surface area contributed by atoms with Crippen LogP contribution in [0.1, 0.15) is 24.5 Å². The smallest absolute Gasteiger partial charge is 0.457 e. The standard InChI is InChI=1S/C29H26INO7/c1-4-11-35-28(33)25-21(14-22-24(27(32)31(22)25)16(3)37-29(34)36-12-5-2)19-8-6-7-18-20-13-17(15-30)9-10-23(20)38-26(18)19/h4-10,13,16,22,24H,1-2,11-12,14-15H2,3H3/t16-,22-,24-/m1/s1. The summed E-state index contributed by atoms with van der Waals surface area (Å²) in [6.45, 7) is 8.77. The summed E-state index contributed by atoms with van der Waals surface area (Å²) < 4.78 is 22.8. The van der Waals surface area contributed by atoms with E-state index >= 15 is 0 Å². The minimum Gasteiger partial charge on any atom is -0.457 e. The van der Waals surface area contributed by atoms with Gasteiger partial charge >= 0.3 is 12.1 Å². The molecule has 1 amide bonds. The lowest BCUT2D eigenvalue weighted by molar-refractivity contribution is -0.162. The van der Waals surface area contributed by atoms with Gasteiger partial charge < -0.3 is 23.5 Å². The molecule has 9 heteroatoms. The lowest BCUT2D eigenvalue weighted by Gasteiger charge is -2.45. The Morgan fingerprint density at radius 2 is 1.92 bits per heavy atom. The van der Waals surface area contributed by atoms with Gasteiger partial charge in [0.15, 0.2) is 0 Å². The maximum atomic E-state index is 13.3. The molecule has 2 aliphatic rings. The highest BCUT2D eigenvalue weighted by Crippen LogP contribution is 2.49. The first-order valence-electron chi connectivity index (χ1n) is 12.2. The van der Waals surface area contributed by atoms with Crippen LogP contribution in [0, 0.1) is 5.92 Å². The predicted octanol–water partition coefficient (Wildman–Crippen LogP) is 5.92. The number of fused-ring (bicyclic) bond motifs is 4. The van der Waals surface area contributed by atoms with E-state index in [4.69, 9.17) is 18.6 Å². The van der Waals surface area contributed by atoms with Crippen molar-refractivity contribution >= 4 is 68.1 Å². The van der Waals surface area contributed by atoms with E-state index in [9.17, 15) is 14.4 Å². The molecule has 0 spiro atoms. The molecule has 2 aromatic carbocycles. The van der Waals surface area contributed by atoms with Gasteiger partial charge in [0.2, 0.25) is 5.91 Å². The van der Waals surface area contributed by atoms with Crippen LogP contribution in [-0.2, 0) is 28.2 Å². The van der Waals surface area contributed by atoms with E-state index in [1.807, 2.05) is 30.3 Å². The number of halogens is 1. The van der Waals surface area contributed by atoms with Crippen molar-refractivity contribution in [2.75, 3.05) is 13.2 Å². The van der Waals surface area contributed by atoms with Crippen LogP contribution < -0.4 is 0 Å². The zero-order valence-electron chi connectivity index (χ0n) is 20.8. The lowest BCUT2D eigenvalue weighted by atomic mass is 9.82. The molecular formula is C29H26INO7. The van der Waals surface area contributed by atoms with Gasteiger partial charge in [-0.25, -0.2) is 9.59 Å². The summed E-state index contributed by atoms with van der Waals surface area (Å²) in [6, 6.07) is 11.5. The minimum atomic E-state index is -0.877. The number of β-lactam (4-membered cyclic amide) rings is 1. The number of rotatable bonds is 9. The fourth-order valence-electron chi connectivity index (χ4n) is 5.24. The summed E-state index contributed by atoms with van der Waals surface area (Å²) in [5.41, 5.74) is 4.12. The number of nitrogens with zero attached hydrogens (tertiary/aromatic N) is 1. The average molecular weight is 627 g/mol. The number of alkyl halides is 1. The fourth-order valence-corrected chi connectivity index (χ4v) is 5.72. The van der Waals surface area contributed by atoms with Crippen molar-refractivity contribution in [1.29, 1.82) is 0 Å². The lowest BCUT2D eigenvalue weighted by Crippen LogP contribution is -2.62. The molecular weight excluding hydrogens is 601 g/mol. The van der Waals surface area contributed by atoms with Crippen molar-refractivity contribution in [3.63, 3.8) is 0 Å². The Hall–Kier alpha value is -3.60. The second-order valence-corrected chi connectivity index (χ2v) is 9.90. The van der Waals surface area contributed by atoms with Crippen LogP contribution in [0.4, 0.5) is 4.79 Å². The van der Waals surface area contributed by atoms with Crippen molar-refractivity contribution in [2.45, 2.75) is 29.9 Å². The Kier molecular flexibility index (Phi) is 7.29. The van der Waals surface area contributed by atoms with Crippen LogP contribution in [0.25, 0.3) is 27.5 Å². The number of hydrogen-bond donors (Lipinski definition) is 0. The summed E-state index contributed by atoms with van der Waals surface area (Å²) in [5, 5.41) is 1.91. The van der Waals surface area contributed by atoms with Gasteiger partial charge in [-0.1, -0.05) is 72.2 Å². The molecule has 3 atom stereocenters. The summed E-state index contributed by atoms with van der Waals surface area (Å²) in [6.07, 6.45) is 1.65. The Balaban J connectivity index is 1.54. The van der Waals surface area contributed by atoms with E-state index in [1.54, 1.807) is 6.92 Å². The van der Waals surface area contributed by atoms with Gasteiger partial charge in [0.1, 0.15) is 36.2 Å². The molecule has 3 heterocycles. The van der Waals surface area contributed by atoms with Gasteiger partial charge in [0.05, 0.1) is 12.0 Å². The van der Waals surface area contributed by atoms with Crippen molar-refractivity contribution < 1.29 is 33.0 Å². The van der Waals surface area contributed by atoms with Crippen LogP contribution in [-0.4, -0.2) is 48.3 Å². The van der Waals surface area contributed by atoms with E-state index in [2.05, 4.69) is 41.8 Å². The van der Waals surface area contributed by atoms with Crippen molar-refractivity contribution in [3.05, 3.63) is 78.5 Å². The van der Waals surface area contributed by atoms with Gasteiger partial charge in [-0.2, -0.15) is 0 Å². The zero-order valence-corrected chi connectivity index (χ0v) is 22.9. The second kappa shape index (κ2) is 10.6. The molecule has 2 aliphatic heterocycles. The number of esters is 1. The van der Waals surface area contributed by atoms with Crippen LogP contribution in [0.15, 0.2) is 71.8 Å². The van der Waals surface area contributed by atoms with Crippen LogP contribution in [0.2, 0.25) is 0 Å². The third-order valence-corrected chi connectivity index (χ3v) is 7.76.